The van der Waals surface area contributed by atoms with Crippen LogP contribution in [0.15, 0.2) is 0 Å². The highest BCUT2D eigenvalue weighted by Gasteiger charge is 2.38. The quantitative estimate of drug-likeness (QED) is 0.791. The van der Waals surface area contributed by atoms with E-state index in [0.717, 1.165) is 58.4 Å². The Balaban J connectivity index is 1.61. The Bertz CT molecular complexity index is 402. The molecule has 0 spiro atoms. The lowest BCUT2D eigenvalue weighted by molar-refractivity contribution is -0.140. The first-order chi connectivity index (χ1) is 10.2. The molecule has 118 valence electrons. The summed E-state index contributed by atoms with van der Waals surface area (Å²) in [6.07, 6.45) is 6.07. The highest BCUT2D eigenvalue weighted by Crippen LogP contribution is 2.31. The Kier molecular flexibility index (Phi) is 4.48. The van der Waals surface area contributed by atoms with Crippen LogP contribution in [0.5, 0.6) is 0 Å². The molecule has 1 aliphatic carbocycles. The minimum atomic E-state index is 0.143. The van der Waals surface area contributed by atoms with E-state index in [1.165, 1.54) is 6.42 Å². The number of hydrogen-bond donors (Lipinski definition) is 0. The van der Waals surface area contributed by atoms with Gasteiger partial charge < -0.3 is 14.5 Å². The zero-order valence-corrected chi connectivity index (χ0v) is 12.9. The summed E-state index contributed by atoms with van der Waals surface area (Å²) in [5, 5.41) is 0. The average molecular weight is 294 g/mol. The van der Waals surface area contributed by atoms with Gasteiger partial charge >= 0.3 is 0 Å². The lowest BCUT2D eigenvalue weighted by atomic mass is 9.84. The van der Waals surface area contributed by atoms with E-state index in [-0.39, 0.29) is 17.9 Å². The molecule has 1 saturated carbocycles. The van der Waals surface area contributed by atoms with Crippen LogP contribution in [0.4, 0.5) is 0 Å². The molecule has 3 fully saturated rings. The second-order valence-electron chi connectivity index (χ2n) is 6.62. The van der Waals surface area contributed by atoms with E-state index < -0.39 is 0 Å². The van der Waals surface area contributed by atoms with Crippen molar-refractivity contribution < 1.29 is 14.3 Å². The molecule has 5 heteroatoms. The molecule has 0 aromatic rings. The number of likely N-dealkylation sites (tertiary alicyclic amines) is 1. The second kappa shape index (κ2) is 6.34. The summed E-state index contributed by atoms with van der Waals surface area (Å²) in [6.45, 7) is 4.68. The van der Waals surface area contributed by atoms with Crippen LogP contribution in [0.1, 0.15) is 45.4 Å². The van der Waals surface area contributed by atoms with Crippen molar-refractivity contribution in [3.05, 3.63) is 0 Å². The molecule has 5 nitrogen and oxygen atoms in total. The molecule has 0 bridgehead atoms. The van der Waals surface area contributed by atoms with Crippen LogP contribution in [0.25, 0.3) is 0 Å². The lowest BCUT2D eigenvalue weighted by Gasteiger charge is -2.38. The number of hydrogen-bond acceptors (Lipinski definition) is 3. The minimum absolute atomic E-state index is 0.143. The van der Waals surface area contributed by atoms with Gasteiger partial charge in [0, 0.05) is 45.2 Å². The van der Waals surface area contributed by atoms with Crippen molar-refractivity contribution in [1.82, 2.24) is 9.80 Å². The van der Waals surface area contributed by atoms with Crippen molar-refractivity contribution >= 4 is 11.8 Å². The zero-order valence-electron chi connectivity index (χ0n) is 12.9. The summed E-state index contributed by atoms with van der Waals surface area (Å²) < 4.78 is 5.40. The number of nitrogens with zero attached hydrogens (tertiary/aromatic N) is 2. The highest BCUT2D eigenvalue weighted by molar-refractivity contribution is 5.80. The Morgan fingerprint density at radius 3 is 2.33 bits per heavy atom. The van der Waals surface area contributed by atoms with Crippen molar-refractivity contribution in [3.63, 3.8) is 0 Å². The summed E-state index contributed by atoms with van der Waals surface area (Å²) in [5.41, 5.74) is 0. The number of rotatable bonds is 3. The minimum Gasteiger partial charge on any atom is -0.381 e. The molecule has 0 aromatic heterocycles. The average Bonchev–Trinajstić information content (AvgIpc) is 2.87. The molecule has 0 N–H and O–H groups in total. The largest absolute Gasteiger partial charge is 0.381 e. The monoisotopic (exact) mass is 294 g/mol. The van der Waals surface area contributed by atoms with Crippen molar-refractivity contribution in [2.75, 3.05) is 26.3 Å². The summed E-state index contributed by atoms with van der Waals surface area (Å²) in [4.78, 5) is 28.5. The first kappa shape index (κ1) is 14.8. The van der Waals surface area contributed by atoms with Crippen LogP contribution in [-0.4, -0.2) is 60.0 Å². The van der Waals surface area contributed by atoms with E-state index in [1.807, 2.05) is 9.80 Å². The van der Waals surface area contributed by atoms with Gasteiger partial charge in [-0.1, -0.05) is 6.42 Å². The van der Waals surface area contributed by atoms with Gasteiger partial charge in [0.15, 0.2) is 0 Å². The van der Waals surface area contributed by atoms with Gasteiger partial charge in [-0.05, 0) is 32.1 Å². The molecule has 1 unspecified atom stereocenters. The van der Waals surface area contributed by atoms with Gasteiger partial charge in [0.05, 0.1) is 6.04 Å². The highest BCUT2D eigenvalue weighted by atomic mass is 16.5. The van der Waals surface area contributed by atoms with Gasteiger partial charge in [-0.15, -0.1) is 0 Å². The first-order valence-corrected chi connectivity index (χ1v) is 8.32. The van der Waals surface area contributed by atoms with Crippen molar-refractivity contribution in [3.8, 4) is 0 Å². The normalized spacial score (nSPS) is 27.5. The number of carbonyl (C=O) groups is 2. The third-order valence-electron chi connectivity index (χ3n) is 5.27. The predicted molar refractivity (Wildman–Crippen MR) is 78.7 cm³/mol. The predicted octanol–water partition coefficient (Wildman–Crippen LogP) is 1.41. The van der Waals surface area contributed by atoms with Gasteiger partial charge in [-0.3, -0.25) is 9.59 Å². The van der Waals surface area contributed by atoms with Gasteiger partial charge in [0.1, 0.15) is 0 Å². The third kappa shape index (κ3) is 3.07. The molecule has 2 aliphatic heterocycles. The summed E-state index contributed by atoms with van der Waals surface area (Å²) >= 11 is 0. The SMILES string of the molecule is CC(=O)N(C1CCOCC1)C1CCN(C(=O)C2CCC2)C1. The van der Waals surface area contributed by atoms with Crippen LogP contribution in [0.3, 0.4) is 0 Å². The molecule has 0 aromatic carbocycles. The molecule has 0 radical (unpaired) electrons. The van der Waals surface area contributed by atoms with Crippen LogP contribution >= 0.6 is 0 Å². The molecular weight excluding hydrogens is 268 g/mol. The molecule has 3 aliphatic rings. The standard InChI is InChI=1S/C16H26N2O3/c1-12(19)18(14-6-9-21-10-7-14)15-5-8-17(11-15)16(20)13-3-2-4-13/h13-15H,2-11H2,1H3. The Morgan fingerprint density at radius 1 is 1.05 bits per heavy atom. The second-order valence-corrected chi connectivity index (χ2v) is 6.62. The molecule has 2 saturated heterocycles. The molecule has 21 heavy (non-hydrogen) atoms. The Hall–Kier alpha value is -1.10. The maximum Gasteiger partial charge on any atom is 0.225 e. The molecule has 3 rings (SSSR count). The topological polar surface area (TPSA) is 49.9 Å². The van der Waals surface area contributed by atoms with Crippen LogP contribution < -0.4 is 0 Å². The number of ether oxygens (including phenoxy) is 1. The van der Waals surface area contributed by atoms with Gasteiger partial charge in [-0.25, -0.2) is 0 Å². The smallest absolute Gasteiger partial charge is 0.225 e. The van der Waals surface area contributed by atoms with Gasteiger partial charge in [0.25, 0.3) is 0 Å². The number of amides is 2. The summed E-state index contributed by atoms with van der Waals surface area (Å²) in [6, 6.07) is 0.495. The van der Waals surface area contributed by atoms with E-state index in [9.17, 15) is 9.59 Å². The van der Waals surface area contributed by atoms with Gasteiger partial charge in [-0.2, -0.15) is 0 Å². The molecular formula is C16H26N2O3. The van der Waals surface area contributed by atoms with E-state index in [4.69, 9.17) is 4.74 Å². The summed E-state index contributed by atoms with van der Waals surface area (Å²) in [5.74, 6) is 0.724. The van der Waals surface area contributed by atoms with Crippen LogP contribution in [-0.2, 0) is 14.3 Å². The first-order valence-electron chi connectivity index (χ1n) is 8.32. The van der Waals surface area contributed by atoms with Crippen molar-refractivity contribution in [2.45, 2.75) is 57.5 Å². The molecule has 2 amide bonds. The van der Waals surface area contributed by atoms with Crippen LogP contribution in [0.2, 0.25) is 0 Å². The van der Waals surface area contributed by atoms with E-state index in [0.29, 0.717) is 11.9 Å². The van der Waals surface area contributed by atoms with Crippen LogP contribution in [0, 0.1) is 5.92 Å². The molecule has 2 heterocycles. The molecule has 1 atom stereocenters. The van der Waals surface area contributed by atoms with E-state index in [1.54, 1.807) is 6.92 Å². The zero-order chi connectivity index (χ0) is 14.8. The maximum absolute atomic E-state index is 12.3. The fraction of sp³-hybridized carbons (Fsp3) is 0.875. The number of carbonyl (C=O) groups excluding carboxylic acids is 2. The van der Waals surface area contributed by atoms with E-state index in [2.05, 4.69) is 0 Å². The lowest BCUT2D eigenvalue weighted by Crippen LogP contribution is -2.50. The Morgan fingerprint density at radius 2 is 1.76 bits per heavy atom. The third-order valence-corrected chi connectivity index (χ3v) is 5.27. The van der Waals surface area contributed by atoms with Crippen molar-refractivity contribution in [2.24, 2.45) is 5.92 Å². The van der Waals surface area contributed by atoms with Gasteiger partial charge in [0.2, 0.25) is 11.8 Å². The Labute approximate surface area is 126 Å². The maximum atomic E-state index is 12.3. The fourth-order valence-electron chi connectivity index (χ4n) is 3.86. The van der Waals surface area contributed by atoms with Crippen molar-refractivity contribution in [1.29, 1.82) is 0 Å². The van der Waals surface area contributed by atoms with E-state index >= 15 is 0 Å². The fourth-order valence-corrected chi connectivity index (χ4v) is 3.86. The summed E-state index contributed by atoms with van der Waals surface area (Å²) in [7, 11) is 0.